The van der Waals surface area contributed by atoms with E-state index in [1.54, 1.807) is 13.0 Å². The molecule has 6 heteroatoms. The van der Waals surface area contributed by atoms with Gasteiger partial charge in [0.15, 0.2) is 0 Å². The molecule has 0 saturated heterocycles. The summed E-state index contributed by atoms with van der Waals surface area (Å²) in [6, 6.07) is 6.19. The third-order valence-electron chi connectivity index (χ3n) is 2.96. The van der Waals surface area contributed by atoms with Crippen molar-refractivity contribution in [1.29, 1.82) is 0 Å². The second kappa shape index (κ2) is 8.26. The first-order chi connectivity index (χ1) is 9.93. The first kappa shape index (κ1) is 17.0. The zero-order valence-corrected chi connectivity index (χ0v) is 12.8. The van der Waals surface area contributed by atoms with Crippen LogP contribution in [0.15, 0.2) is 24.3 Å². The van der Waals surface area contributed by atoms with Crippen LogP contribution in [0.5, 0.6) is 0 Å². The summed E-state index contributed by atoms with van der Waals surface area (Å²) in [5.41, 5.74) is 7.37. The Labute approximate surface area is 125 Å². The lowest BCUT2D eigenvalue weighted by molar-refractivity contribution is -0.122. The number of anilines is 1. The molecule has 0 heterocycles. The van der Waals surface area contributed by atoms with Crippen molar-refractivity contribution in [3.63, 3.8) is 0 Å². The predicted molar refractivity (Wildman–Crippen MR) is 84.0 cm³/mol. The van der Waals surface area contributed by atoms with E-state index < -0.39 is 12.1 Å². The largest absolute Gasteiger partial charge is 0.354 e. The van der Waals surface area contributed by atoms with Crippen LogP contribution in [-0.4, -0.2) is 24.5 Å². The summed E-state index contributed by atoms with van der Waals surface area (Å²) in [6.07, 6.45) is 0.856. The van der Waals surface area contributed by atoms with Gasteiger partial charge in [0.2, 0.25) is 5.91 Å². The van der Waals surface area contributed by atoms with E-state index in [2.05, 4.69) is 16.0 Å². The summed E-state index contributed by atoms with van der Waals surface area (Å²) in [7, 11) is 0. The predicted octanol–water partition coefficient (Wildman–Crippen LogP) is 1.74. The molecule has 0 spiro atoms. The highest BCUT2D eigenvalue weighted by atomic mass is 16.2. The number of nitrogens with one attached hydrogen (secondary N) is 3. The standard InChI is InChI=1S/C15H24N4O2/c1-4-8-17-14(20)11(3)18-15(21)19-13-7-5-6-12(9-13)10(2)16/h5-7,9-11H,4,8,16H2,1-3H3,(H,17,20)(H2,18,19,21). The third-order valence-corrected chi connectivity index (χ3v) is 2.96. The molecule has 0 fully saturated rings. The highest BCUT2D eigenvalue weighted by molar-refractivity contribution is 5.93. The number of carbonyl (C=O) groups is 2. The fourth-order valence-electron chi connectivity index (χ4n) is 1.73. The molecule has 0 aliphatic carbocycles. The van der Waals surface area contributed by atoms with Gasteiger partial charge in [-0.25, -0.2) is 4.79 Å². The van der Waals surface area contributed by atoms with Crippen LogP contribution in [0.25, 0.3) is 0 Å². The summed E-state index contributed by atoms with van der Waals surface area (Å²) >= 11 is 0. The molecule has 116 valence electrons. The Hall–Kier alpha value is -2.08. The van der Waals surface area contributed by atoms with Gasteiger partial charge in [0.1, 0.15) is 6.04 Å². The molecule has 0 radical (unpaired) electrons. The maximum absolute atomic E-state index is 11.8. The average Bonchev–Trinajstić information content (AvgIpc) is 2.44. The van der Waals surface area contributed by atoms with Gasteiger partial charge in [0.25, 0.3) is 0 Å². The third kappa shape index (κ3) is 5.83. The topological polar surface area (TPSA) is 96.2 Å². The monoisotopic (exact) mass is 292 g/mol. The van der Waals surface area contributed by atoms with Crippen molar-refractivity contribution in [1.82, 2.24) is 10.6 Å². The fraction of sp³-hybridized carbons (Fsp3) is 0.467. The molecule has 2 unspecified atom stereocenters. The zero-order chi connectivity index (χ0) is 15.8. The minimum absolute atomic E-state index is 0.103. The molecular weight excluding hydrogens is 268 g/mol. The minimum atomic E-state index is -0.590. The van der Waals surface area contributed by atoms with Crippen LogP contribution in [0.1, 0.15) is 38.8 Å². The summed E-state index contributed by atoms with van der Waals surface area (Å²) < 4.78 is 0. The van der Waals surface area contributed by atoms with E-state index in [0.717, 1.165) is 12.0 Å². The lowest BCUT2D eigenvalue weighted by Crippen LogP contribution is -2.46. The molecule has 3 amide bonds. The zero-order valence-electron chi connectivity index (χ0n) is 12.8. The SMILES string of the molecule is CCCNC(=O)C(C)NC(=O)Nc1cccc(C(C)N)c1. The highest BCUT2D eigenvalue weighted by Crippen LogP contribution is 2.15. The van der Waals surface area contributed by atoms with Crippen LogP contribution >= 0.6 is 0 Å². The summed E-state index contributed by atoms with van der Waals surface area (Å²) in [6.45, 7) is 6.09. The molecule has 1 aromatic rings. The van der Waals surface area contributed by atoms with Crippen LogP contribution in [0.2, 0.25) is 0 Å². The van der Waals surface area contributed by atoms with Gasteiger partial charge < -0.3 is 21.7 Å². The first-order valence-electron chi connectivity index (χ1n) is 7.14. The first-order valence-corrected chi connectivity index (χ1v) is 7.14. The smallest absolute Gasteiger partial charge is 0.319 e. The lowest BCUT2D eigenvalue weighted by atomic mass is 10.1. The van der Waals surface area contributed by atoms with E-state index in [1.165, 1.54) is 0 Å². The van der Waals surface area contributed by atoms with Crippen molar-refractivity contribution in [2.24, 2.45) is 5.73 Å². The molecule has 0 bridgehead atoms. The van der Waals surface area contributed by atoms with Gasteiger partial charge in [-0.3, -0.25) is 4.79 Å². The normalized spacial score (nSPS) is 13.1. The number of carbonyl (C=O) groups excluding carboxylic acids is 2. The highest BCUT2D eigenvalue weighted by Gasteiger charge is 2.14. The number of nitrogens with two attached hydrogens (primary N) is 1. The van der Waals surface area contributed by atoms with E-state index in [9.17, 15) is 9.59 Å². The molecule has 1 aromatic carbocycles. The second-order valence-corrected chi connectivity index (χ2v) is 5.03. The van der Waals surface area contributed by atoms with Crippen molar-refractivity contribution in [3.05, 3.63) is 29.8 Å². The van der Waals surface area contributed by atoms with E-state index in [4.69, 9.17) is 5.73 Å². The van der Waals surface area contributed by atoms with Gasteiger partial charge in [0.05, 0.1) is 0 Å². The Morgan fingerprint density at radius 3 is 2.62 bits per heavy atom. The number of amides is 3. The van der Waals surface area contributed by atoms with Crippen molar-refractivity contribution < 1.29 is 9.59 Å². The Kier molecular flexibility index (Phi) is 6.68. The van der Waals surface area contributed by atoms with Gasteiger partial charge in [-0.05, 0) is 38.0 Å². The lowest BCUT2D eigenvalue weighted by Gasteiger charge is -2.15. The van der Waals surface area contributed by atoms with Crippen molar-refractivity contribution in [2.75, 3.05) is 11.9 Å². The summed E-state index contributed by atoms with van der Waals surface area (Å²) in [5.74, 6) is -0.198. The molecule has 0 aromatic heterocycles. The molecule has 1 rings (SSSR count). The van der Waals surface area contributed by atoms with Crippen LogP contribution in [-0.2, 0) is 4.79 Å². The molecule has 0 aliphatic heterocycles. The van der Waals surface area contributed by atoms with E-state index in [1.807, 2.05) is 32.0 Å². The molecule has 2 atom stereocenters. The minimum Gasteiger partial charge on any atom is -0.354 e. The van der Waals surface area contributed by atoms with Crippen molar-refractivity contribution in [2.45, 2.75) is 39.3 Å². The van der Waals surface area contributed by atoms with Crippen LogP contribution in [0.4, 0.5) is 10.5 Å². The number of hydrogen-bond acceptors (Lipinski definition) is 3. The Bertz CT molecular complexity index is 488. The number of benzene rings is 1. The molecule has 21 heavy (non-hydrogen) atoms. The maximum Gasteiger partial charge on any atom is 0.319 e. The molecule has 5 N–H and O–H groups in total. The van der Waals surface area contributed by atoms with Crippen LogP contribution < -0.4 is 21.7 Å². The number of urea groups is 1. The fourth-order valence-corrected chi connectivity index (χ4v) is 1.73. The van der Waals surface area contributed by atoms with E-state index in [-0.39, 0.29) is 11.9 Å². The molecule has 0 saturated carbocycles. The van der Waals surface area contributed by atoms with Gasteiger partial charge in [0, 0.05) is 18.3 Å². The number of rotatable bonds is 6. The Morgan fingerprint density at radius 1 is 1.29 bits per heavy atom. The van der Waals surface area contributed by atoms with Gasteiger partial charge in [-0.2, -0.15) is 0 Å². The van der Waals surface area contributed by atoms with Crippen molar-refractivity contribution >= 4 is 17.6 Å². The molecule has 6 nitrogen and oxygen atoms in total. The average molecular weight is 292 g/mol. The van der Waals surface area contributed by atoms with Crippen LogP contribution in [0.3, 0.4) is 0 Å². The molecular formula is C15H24N4O2. The summed E-state index contributed by atoms with van der Waals surface area (Å²) in [4.78, 5) is 23.5. The van der Waals surface area contributed by atoms with Crippen molar-refractivity contribution in [3.8, 4) is 0 Å². The Morgan fingerprint density at radius 2 is 2.00 bits per heavy atom. The Balaban J connectivity index is 2.53. The summed E-state index contributed by atoms with van der Waals surface area (Å²) in [5, 5.41) is 8.01. The van der Waals surface area contributed by atoms with Crippen LogP contribution in [0, 0.1) is 0 Å². The van der Waals surface area contributed by atoms with E-state index >= 15 is 0 Å². The second-order valence-electron chi connectivity index (χ2n) is 5.03. The van der Waals surface area contributed by atoms with E-state index in [0.29, 0.717) is 12.2 Å². The van der Waals surface area contributed by atoms with Gasteiger partial charge in [-0.15, -0.1) is 0 Å². The quantitative estimate of drug-likeness (QED) is 0.643. The van der Waals surface area contributed by atoms with Gasteiger partial charge >= 0.3 is 6.03 Å². The molecule has 0 aliphatic rings. The maximum atomic E-state index is 11.8. The number of hydrogen-bond donors (Lipinski definition) is 4. The van der Waals surface area contributed by atoms with Gasteiger partial charge in [-0.1, -0.05) is 19.1 Å².